The summed E-state index contributed by atoms with van der Waals surface area (Å²) in [6.07, 6.45) is 4.24. The third kappa shape index (κ3) is 4.33. The number of halogens is 2. The van der Waals surface area contributed by atoms with E-state index in [1.54, 1.807) is 29.2 Å². The van der Waals surface area contributed by atoms with E-state index in [1.165, 1.54) is 6.33 Å². The summed E-state index contributed by atoms with van der Waals surface area (Å²) in [7, 11) is 0. The monoisotopic (exact) mass is 353 g/mol. The Kier molecular flexibility index (Phi) is 5.44. The molecule has 0 saturated heterocycles. The lowest BCUT2D eigenvalue weighted by Crippen LogP contribution is -2.32. The number of hydrogen-bond acceptors (Lipinski definition) is 4. The largest absolute Gasteiger partial charge is 0.457 e. The molecule has 23 heavy (non-hydrogen) atoms. The van der Waals surface area contributed by atoms with Crippen LogP contribution in [0.3, 0.4) is 0 Å². The lowest BCUT2D eigenvalue weighted by Gasteiger charge is -2.30. The molecule has 0 N–H and O–H groups in total. The highest BCUT2D eigenvalue weighted by Gasteiger charge is 2.31. The molecule has 0 aliphatic rings. The van der Waals surface area contributed by atoms with E-state index >= 15 is 0 Å². The van der Waals surface area contributed by atoms with E-state index in [1.807, 2.05) is 26.8 Å². The van der Waals surface area contributed by atoms with E-state index in [0.29, 0.717) is 22.2 Å². The van der Waals surface area contributed by atoms with Crippen LogP contribution in [0, 0.1) is 5.41 Å². The molecule has 2 rings (SSSR count). The summed E-state index contributed by atoms with van der Waals surface area (Å²) in [6, 6.07) is 5.19. The van der Waals surface area contributed by atoms with Crippen molar-refractivity contribution in [3.63, 3.8) is 0 Å². The SMILES string of the molecule is CC(C)(C)C(OC=O)C(=Cc1ccc(Cl)cc1Cl)n1cncn1. The second kappa shape index (κ2) is 7.15. The maximum Gasteiger partial charge on any atom is 0.293 e. The molecule has 0 bridgehead atoms. The third-order valence-electron chi connectivity index (χ3n) is 3.20. The number of ether oxygens (including phenoxy) is 1. The second-order valence-corrected chi connectivity index (χ2v) is 6.90. The van der Waals surface area contributed by atoms with E-state index in [-0.39, 0.29) is 5.41 Å². The molecule has 7 heteroatoms. The molecule has 1 atom stereocenters. The zero-order chi connectivity index (χ0) is 17.0. The van der Waals surface area contributed by atoms with Gasteiger partial charge in [0.2, 0.25) is 0 Å². The lowest BCUT2D eigenvalue weighted by molar-refractivity contribution is -0.135. The lowest BCUT2D eigenvalue weighted by atomic mass is 9.86. The Morgan fingerprint density at radius 2 is 2.09 bits per heavy atom. The third-order valence-corrected chi connectivity index (χ3v) is 3.76. The minimum atomic E-state index is -0.534. The van der Waals surface area contributed by atoms with Gasteiger partial charge in [-0.05, 0) is 23.8 Å². The number of nitrogens with zero attached hydrogens (tertiary/aromatic N) is 3. The maximum atomic E-state index is 11.0. The van der Waals surface area contributed by atoms with Gasteiger partial charge in [-0.15, -0.1) is 0 Å². The number of hydrogen-bond donors (Lipinski definition) is 0. The molecule has 0 radical (unpaired) electrons. The minimum absolute atomic E-state index is 0.350. The summed E-state index contributed by atoms with van der Waals surface area (Å²) in [5.41, 5.74) is 1.04. The van der Waals surface area contributed by atoms with Gasteiger partial charge in [0.15, 0.2) is 0 Å². The number of carbonyl (C=O) groups excluding carboxylic acids is 1. The zero-order valence-electron chi connectivity index (χ0n) is 13.0. The van der Waals surface area contributed by atoms with Gasteiger partial charge in [0.05, 0.1) is 5.70 Å². The fourth-order valence-corrected chi connectivity index (χ4v) is 2.62. The molecule has 1 aromatic heterocycles. The molecule has 1 aromatic carbocycles. The van der Waals surface area contributed by atoms with Gasteiger partial charge in [-0.3, -0.25) is 4.79 Å². The first kappa shape index (κ1) is 17.5. The Hall–Kier alpha value is -1.85. The average molecular weight is 354 g/mol. The predicted molar refractivity (Wildman–Crippen MR) is 91.0 cm³/mol. The summed E-state index contributed by atoms with van der Waals surface area (Å²) < 4.78 is 6.88. The highest BCUT2D eigenvalue weighted by molar-refractivity contribution is 6.35. The van der Waals surface area contributed by atoms with Crippen molar-refractivity contribution in [1.82, 2.24) is 14.8 Å². The van der Waals surface area contributed by atoms with Crippen LogP contribution in [0.15, 0.2) is 30.9 Å². The van der Waals surface area contributed by atoms with Crippen LogP contribution in [-0.4, -0.2) is 27.3 Å². The van der Waals surface area contributed by atoms with Crippen molar-refractivity contribution >= 4 is 41.4 Å². The maximum absolute atomic E-state index is 11.0. The van der Waals surface area contributed by atoms with Crippen molar-refractivity contribution in [2.24, 2.45) is 5.41 Å². The van der Waals surface area contributed by atoms with E-state index in [0.717, 1.165) is 5.56 Å². The van der Waals surface area contributed by atoms with E-state index < -0.39 is 6.10 Å². The van der Waals surface area contributed by atoms with Crippen LogP contribution in [0.2, 0.25) is 10.0 Å². The standard InChI is InChI=1S/C16H17Cl2N3O2/c1-16(2,3)15(23-10-22)14(21-9-19-8-20-21)6-11-4-5-12(17)7-13(11)18/h4-10,15H,1-3H3. The van der Waals surface area contributed by atoms with Gasteiger partial charge in [-0.2, -0.15) is 5.10 Å². The molecular formula is C16H17Cl2N3O2. The smallest absolute Gasteiger partial charge is 0.293 e. The van der Waals surface area contributed by atoms with Gasteiger partial charge in [-0.1, -0.05) is 50.0 Å². The van der Waals surface area contributed by atoms with Crippen molar-refractivity contribution in [2.45, 2.75) is 26.9 Å². The average Bonchev–Trinajstić information content (AvgIpc) is 2.97. The van der Waals surface area contributed by atoms with Gasteiger partial charge in [0.25, 0.3) is 6.47 Å². The van der Waals surface area contributed by atoms with Gasteiger partial charge < -0.3 is 4.74 Å². The highest BCUT2D eigenvalue weighted by atomic mass is 35.5. The van der Waals surface area contributed by atoms with Crippen LogP contribution >= 0.6 is 23.2 Å². The number of benzene rings is 1. The first-order chi connectivity index (χ1) is 10.8. The van der Waals surface area contributed by atoms with Crippen LogP contribution in [-0.2, 0) is 9.53 Å². The molecule has 1 unspecified atom stereocenters. The van der Waals surface area contributed by atoms with E-state index in [2.05, 4.69) is 10.1 Å². The van der Waals surface area contributed by atoms with Crippen LogP contribution in [0.4, 0.5) is 0 Å². The normalized spacial score (nSPS) is 13.7. The molecule has 2 aromatic rings. The summed E-state index contributed by atoms with van der Waals surface area (Å²) in [5.74, 6) is 0. The van der Waals surface area contributed by atoms with Crippen molar-refractivity contribution in [3.05, 3.63) is 46.5 Å². The Morgan fingerprint density at radius 3 is 2.61 bits per heavy atom. The van der Waals surface area contributed by atoms with Crippen LogP contribution in [0.1, 0.15) is 26.3 Å². The summed E-state index contributed by atoms with van der Waals surface area (Å²) in [4.78, 5) is 14.9. The molecule has 0 spiro atoms. The van der Waals surface area contributed by atoms with Gasteiger partial charge >= 0.3 is 0 Å². The molecule has 1 heterocycles. The van der Waals surface area contributed by atoms with Crippen LogP contribution in [0.25, 0.3) is 11.8 Å². The number of rotatable bonds is 5. The second-order valence-electron chi connectivity index (χ2n) is 6.05. The molecule has 0 aliphatic heterocycles. The summed E-state index contributed by atoms with van der Waals surface area (Å²) in [5, 5.41) is 5.19. The molecule has 0 saturated carbocycles. The molecule has 0 aliphatic carbocycles. The van der Waals surface area contributed by atoms with E-state index in [4.69, 9.17) is 27.9 Å². The summed E-state index contributed by atoms with van der Waals surface area (Å²) in [6.45, 7) is 6.34. The first-order valence-corrected chi connectivity index (χ1v) is 7.69. The van der Waals surface area contributed by atoms with Gasteiger partial charge in [0, 0.05) is 15.5 Å². The van der Waals surface area contributed by atoms with Crippen molar-refractivity contribution in [2.75, 3.05) is 0 Å². The Labute approximate surface area is 144 Å². The van der Waals surface area contributed by atoms with Crippen molar-refractivity contribution in [3.8, 4) is 0 Å². The van der Waals surface area contributed by atoms with Crippen LogP contribution < -0.4 is 0 Å². The number of carbonyl (C=O) groups is 1. The predicted octanol–water partition coefficient (Wildman–Crippen LogP) is 4.17. The fourth-order valence-electron chi connectivity index (χ4n) is 2.15. The molecule has 0 fully saturated rings. The number of aromatic nitrogens is 3. The quantitative estimate of drug-likeness (QED) is 0.756. The van der Waals surface area contributed by atoms with E-state index in [9.17, 15) is 4.79 Å². The molecule has 122 valence electrons. The van der Waals surface area contributed by atoms with Gasteiger partial charge in [-0.25, -0.2) is 9.67 Å². The summed E-state index contributed by atoms with van der Waals surface area (Å²) >= 11 is 12.2. The Bertz CT molecular complexity index is 707. The van der Waals surface area contributed by atoms with Crippen molar-refractivity contribution < 1.29 is 9.53 Å². The zero-order valence-corrected chi connectivity index (χ0v) is 14.5. The molecule has 0 amide bonds. The highest BCUT2D eigenvalue weighted by Crippen LogP contribution is 2.32. The fraction of sp³-hybridized carbons (Fsp3) is 0.312. The molecular weight excluding hydrogens is 337 g/mol. The van der Waals surface area contributed by atoms with Crippen LogP contribution in [0.5, 0.6) is 0 Å². The molecule has 5 nitrogen and oxygen atoms in total. The van der Waals surface area contributed by atoms with Gasteiger partial charge in [0.1, 0.15) is 18.8 Å². The topological polar surface area (TPSA) is 57.0 Å². The minimum Gasteiger partial charge on any atom is -0.457 e. The Morgan fingerprint density at radius 1 is 1.35 bits per heavy atom. The first-order valence-electron chi connectivity index (χ1n) is 6.93. The Balaban J connectivity index is 2.58. The van der Waals surface area contributed by atoms with Crippen molar-refractivity contribution in [1.29, 1.82) is 0 Å².